The highest BCUT2D eigenvalue weighted by Gasteiger charge is 2.28. The topological polar surface area (TPSA) is 23.6 Å². The normalized spacial score (nSPS) is 18.0. The van der Waals surface area contributed by atoms with E-state index >= 15 is 0 Å². The Morgan fingerprint density at radius 1 is 1.04 bits per heavy atom. The van der Waals surface area contributed by atoms with Crippen molar-refractivity contribution in [1.82, 2.24) is 4.90 Å². The van der Waals surface area contributed by atoms with Crippen molar-refractivity contribution >= 4 is 11.6 Å². The SMILES string of the molecule is CN(C)CCN1C(=O)CC[C@@H](c2ccccc2)c2ccccc21. The third kappa shape index (κ3) is 3.45. The molecule has 1 atom stereocenters. The van der Waals surface area contributed by atoms with Crippen LogP contribution in [0.3, 0.4) is 0 Å². The van der Waals surface area contributed by atoms with Gasteiger partial charge in [-0.2, -0.15) is 0 Å². The van der Waals surface area contributed by atoms with E-state index in [2.05, 4.69) is 47.4 Å². The van der Waals surface area contributed by atoms with Crippen molar-refractivity contribution in [1.29, 1.82) is 0 Å². The Kier molecular flexibility index (Phi) is 4.77. The fraction of sp³-hybridized carbons (Fsp3) is 0.350. The van der Waals surface area contributed by atoms with Gasteiger partial charge in [-0.25, -0.2) is 0 Å². The van der Waals surface area contributed by atoms with Gasteiger partial charge in [0.1, 0.15) is 0 Å². The third-order valence-corrected chi connectivity index (χ3v) is 4.52. The number of rotatable bonds is 4. The molecule has 3 heteroatoms. The van der Waals surface area contributed by atoms with Crippen molar-refractivity contribution < 1.29 is 4.79 Å². The van der Waals surface area contributed by atoms with Crippen molar-refractivity contribution in [2.75, 3.05) is 32.1 Å². The number of amides is 1. The molecule has 1 aliphatic heterocycles. The minimum absolute atomic E-state index is 0.234. The molecule has 0 N–H and O–H groups in total. The second-order valence-electron chi connectivity index (χ2n) is 6.41. The maximum Gasteiger partial charge on any atom is 0.227 e. The minimum Gasteiger partial charge on any atom is -0.311 e. The number of nitrogens with zero attached hydrogens (tertiary/aromatic N) is 2. The molecule has 120 valence electrons. The summed E-state index contributed by atoms with van der Waals surface area (Å²) < 4.78 is 0. The Bertz CT molecular complexity index is 666. The summed E-state index contributed by atoms with van der Waals surface area (Å²) in [6, 6.07) is 18.9. The molecule has 0 bridgehead atoms. The summed E-state index contributed by atoms with van der Waals surface area (Å²) in [7, 11) is 4.09. The summed E-state index contributed by atoms with van der Waals surface area (Å²) >= 11 is 0. The largest absolute Gasteiger partial charge is 0.311 e. The smallest absolute Gasteiger partial charge is 0.227 e. The summed E-state index contributed by atoms with van der Waals surface area (Å²) in [5, 5.41) is 0. The number of carbonyl (C=O) groups excluding carboxylic acids is 1. The van der Waals surface area contributed by atoms with E-state index in [4.69, 9.17) is 0 Å². The summed E-state index contributed by atoms with van der Waals surface area (Å²) in [4.78, 5) is 16.8. The molecule has 0 aromatic heterocycles. The number of fused-ring (bicyclic) bond motifs is 1. The van der Waals surface area contributed by atoms with Crippen molar-refractivity contribution in [3.05, 3.63) is 65.7 Å². The minimum atomic E-state index is 0.234. The summed E-state index contributed by atoms with van der Waals surface area (Å²) in [5.74, 6) is 0.526. The monoisotopic (exact) mass is 308 g/mol. The molecule has 0 saturated carbocycles. The van der Waals surface area contributed by atoms with Crippen LogP contribution in [0, 0.1) is 0 Å². The van der Waals surface area contributed by atoms with Crippen LogP contribution in [-0.2, 0) is 4.79 Å². The van der Waals surface area contributed by atoms with E-state index in [-0.39, 0.29) is 5.91 Å². The first kappa shape index (κ1) is 15.8. The van der Waals surface area contributed by atoms with Crippen LogP contribution in [0.5, 0.6) is 0 Å². The lowest BCUT2D eigenvalue weighted by molar-refractivity contribution is -0.118. The van der Waals surface area contributed by atoms with Gasteiger partial charge >= 0.3 is 0 Å². The zero-order valence-corrected chi connectivity index (χ0v) is 13.9. The molecule has 1 aliphatic rings. The number of likely N-dealkylation sites (N-methyl/N-ethyl adjacent to an activating group) is 1. The molecule has 2 aromatic rings. The molecule has 0 spiro atoms. The van der Waals surface area contributed by atoms with Gasteiger partial charge in [0.2, 0.25) is 5.91 Å². The van der Waals surface area contributed by atoms with Crippen LogP contribution in [0.2, 0.25) is 0 Å². The van der Waals surface area contributed by atoms with E-state index < -0.39 is 0 Å². The second-order valence-corrected chi connectivity index (χ2v) is 6.41. The molecule has 3 rings (SSSR count). The van der Waals surface area contributed by atoms with Gasteiger partial charge in [-0.3, -0.25) is 4.79 Å². The molecule has 0 unspecified atom stereocenters. The first-order valence-corrected chi connectivity index (χ1v) is 8.26. The van der Waals surface area contributed by atoms with E-state index in [1.165, 1.54) is 11.1 Å². The fourth-order valence-corrected chi connectivity index (χ4v) is 3.30. The molecule has 0 fully saturated rings. The average Bonchev–Trinajstić information content (AvgIpc) is 2.70. The summed E-state index contributed by atoms with van der Waals surface area (Å²) in [6.07, 6.45) is 1.47. The van der Waals surface area contributed by atoms with Crippen molar-refractivity contribution in [2.24, 2.45) is 0 Å². The van der Waals surface area contributed by atoms with Gasteiger partial charge in [-0.1, -0.05) is 48.5 Å². The Morgan fingerprint density at radius 3 is 2.48 bits per heavy atom. The molecule has 1 heterocycles. The first-order valence-electron chi connectivity index (χ1n) is 8.26. The Hall–Kier alpha value is -2.13. The zero-order chi connectivity index (χ0) is 16.2. The maximum absolute atomic E-state index is 12.7. The van der Waals surface area contributed by atoms with E-state index in [0.29, 0.717) is 12.3 Å². The van der Waals surface area contributed by atoms with Gasteiger partial charge in [-0.05, 0) is 37.7 Å². The Labute approximate surface area is 138 Å². The highest BCUT2D eigenvalue weighted by Crippen LogP contribution is 2.38. The van der Waals surface area contributed by atoms with Crippen LogP contribution in [0.15, 0.2) is 54.6 Å². The molecule has 0 saturated heterocycles. The molecule has 2 aromatic carbocycles. The number of benzene rings is 2. The van der Waals surface area contributed by atoms with Gasteiger partial charge in [0, 0.05) is 31.1 Å². The predicted molar refractivity (Wildman–Crippen MR) is 94.9 cm³/mol. The molecule has 3 nitrogen and oxygen atoms in total. The van der Waals surface area contributed by atoms with Crippen LogP contribution < -0.4 is 4.90 Å². The Morgan fingerprint density at radius 2 is 1.74 bits per heavy atom. The van der Waals surface area contributed by atoms with Gasteiger partial charge in [0.15, 0.2) is 0 Å². The lowest BCUT2D eigenvalue weighted by atomic mass is 9.87. The summed E-state index contributed by atoms with van der Waals surface area (Å²) in [6.45, 7) is 1.61. The number of carbonyl (C=O) groups is 1. The van der Waals surface area contributed by atoms with Gasteiger partial charge in [0.25, 0.3) is 0 Å². The van der Waals surface area contributed by atoms with Crippen LogP contribution in [0.4, 0.5) is 5.69 Å². The molecule has 23 heavy (non-hydrogen) atoms. The van der Waals surface area contributed by atoms with Crippen LogP contribution >= 0.6 is 0 Å². The number of hydrogen-bond acceptors (Lipinski definition) is 2. The standard InChI is InChI=1S/C20H24N2O/c1-21(2)14-15-22-19-11-7-6-10-18(19)17(12-13-20(22)23)16-8-4-3-5-9-16/h3-11,17H,12-15H2,1-2H3/t17-/m0/s1. The van der Waals surface area contributed by atoms with Crippen LogP contribution in [0.1, 0.15) is 29.9 Å². The number of anilines is 1. The van der Waals surface area contributed by atoms with Crippen LogP contribution in [-0.4, -0.2) is 38.0 Å². The zero-order valence-electron chi connectivity index (χ0n) is 13.9. The first-order chi connectivity index (χ1) is 11.2. The van der Waals surface area contributed by atoms with Gasteiger partial charge < -0.3 is 9.80 Å². The molecule has 0 radical (unpaired) electrons. The maximum atomic E-state index is 12.7. The highest BCUT2D eigenvalue weighted by molar-refractivity contribution is 5.95. The molecular formula is C20H24N2O. The van der Waals surface area contributed by atoms with Crippen molar-refractivity contribution in [3.63, 3.8) is 0 Å². The predicted octanol–water partition coefficient (Wildman–Crippen LogP) is 3.51. The van der Waals surface area contributed by atoms with E-state index in [9.17, 15) is 4.79 Å². The molecule has 1 amide bonds. The Balaban J connectivity index is 2.00. The highest BCUT2D eigenvalue weighted by atomic mass is 16.2. The number of hydrogen-bond donors (Lipinski definition) is 0. The van der Waals surface area contributed by atoms with E-state index in [1.807, 2.05) is 31.1 Å². The summed E-state index contributed by atoms with van der Waals surface area (Å²) in [5.41, 5.74) is 3.64. The van der Waals surface area contributed by atoms with Gasteiger partial charge in [0.05, 0.1) is 0 Å². The van der Waals surface area contributed by atoms with E-state index in [1.54, 1.807) is 0 Å². The molecule has 0 aliphatic carbocycles. The average molecular weight is 308 g/mol. The van der Waals surface area contributed by atoms with E-state index in [0.717, 1.165) is 25.2 Å². The van der Waals surface area contributed by atoms with Gasteiger partial charge in [-0.15, -0.1) is 0 Å². The third-order valence-electron chi connectivity index (χ3n) is 4.52. The quantitative estimate of drug-likeness (QED) is 0.863. The van der Waals surface area contributed by atoms with Crippen molar-refractivity contribution in [2.45, 2.75) is 18.8 Å². The van der Waals surface area contributed by atoms with Crippen molar-refractivity contribution in [3.8, 4) is 0 Å². The fourth-order valence-electron chi connectivity index (χ4n) is 3.30. The second kappa shape index (κ2) is 6.97. The molecular weight excluding hydrogens is 284 g/mol. The number of para-hydroxylation sites is 1. The van der Waals surface area contributed by atoms with Crippen LogP contribution in [0.25, 0.3) is 0 Å². The lowest BCUT2D eigenvalue weighted by Gasteiger charge is -2.25. The lowest BCUT2D eigenvalue weighted by Crippen LogP contribution is -2.36.